The van der Waals surface area contributed by atoms with Crippen LogP contribution in [0.3, 0.4) is 0 Å². The van der Waals surface area contributed by atoms with Crippen LogP contribution in [0, 0.1) is 0 Å². The van der Waals surface area contributed by atoms with Crippen LogP contribution in [-0.2, 0) is 9.59 Å². The number of aliphatic carboxylic acids is 1. The average Bonchev–Trinajstić information content (AvgIpc) is 2.45. The van der Waals surface area contributed by atoms with Crippen LogP contribution in [0.1, 0.15) is 77.6 Å². The number of hydrogen-bond donors (Lipinski definition) is 1. The van der Waals surface area contributed by atoms with Crippen molar-refractivity contribution >= 4 is 11.8 Å². The fourth-order valence-corrected chi connectivity index (χ4v) is 2.14. The number of carboxylic acids is 1. The summed E-state index contributed by atoms with van der Waals surface area (Å²) in [6, 6.07) is 0. The van der Waals surface area contributed by atoms with Crippen molar-refractivity contribution in [1.82, 2.24) is 0 Å². The van der Waals surface area contributed by atoms with E-state index in [9.17, 15) is 9.59 Å². The van der Waals surface area contributed by atoms with Crippen LogP contribution >= 0.6 is 0 Å². The first kappa shape index (κ1) is 19.6. The lowest BCUT2D eigenvalue weighted by atomic mass is 10.0. The molecule has 3 heteroatoms. The Kier molecular flexibility index (Phi) is 14.0. The molecule has 0 radical (unpaired) electrons. The topological polar surface area (TPSA) is 54.4 Å². The van der Waals surface area contributed by atoms with E-state index in [1.807, 2.05) is 6.08 Å². The molecule has 120 valence electrons. The Morgan fingerprint density at radius 1 is 0.857 bits per heavy atom. The SMILES string of the molecule is CCCCCCCCCCC(=O)CCC=CC=CC(=O)O. The summed E-state index contributed by atoms with van der Waals surface area (Å²) in [7, 11) is 0. The van der Waals surface area contributed by atoms with Gasteiger partial charge in [0, 0.05) is 18.9 Å². The molecule has 0 aliphatic rings. The van der Waals surface area contributed by atoms with Gasteiger partial charge in [-0.2, -0.15) is 0 Å². The number of rotatable bonds is 14. The van der Waals surface area contributed by atoms with Gasteiger partial charge in [0.05, 0.1) is 0 Å². The molecule has 0 heterocycles. The molecule has 0 aliphatic carbocycles. The summed E-state index contributed by atoms with van der Waals surface area (Å²) in [6.07, 6.45) is 18.0. The highest BCUT2D eigenvalue weighted by molar-refractivity contribution is 5.80. The van der Waals surface area contributed by atoms with E-state index in [0.717, 1.165) is 18.9 Å². The standard InChI is InChI=1S/C18H30O3/c1-2-3-4-5-6-7-8-11-14-17(19)15-12-9-10-13-16-18(20)21/h9-10,13,16H,2-8,11-12,14-15H2,1H3,(H,20,21). The zero-order valence-electron chi connectivity index (χ0n) is 13.4. The molecule has 1 N–H and O–H groups in total. The Hall–Kier alpha value is -1.38. The van der Waals surface area contributed by atoms with E-state index >= 15 is 0 Å². The Balaban J connectivity index is 3.36. The zero-order chi connectivity index (χ0) is 15.8. The summed E-state index contributed by atoms with van der Waals surface area (Å²) in [6.45, 7) is 2.23. The molecular weight excluding hydrogens is 264 g/mol. The van der Waals surface area contributed by atoms with Crippen molar-refractivity contribution in [2.45, 2.75) is 77.6 Å². The fraction of sp³-hybridized carbons (Fsp3) is 0.667. The average molecular weight is 294 g/mol. The maximum Gasteiger partial charge on any atom is 0.328 e. The van der Waals surface area contributed by atoms with Gasteiger partial charge in [0.25, 0.3) is 0 Å². The Labute approximate surface area is 129 Å². The summed E-state index contributed by atoms with van der Waals surface area (Å²) in [4.78, 5) is 21.8. The van der Waals surface area contributed by atoms with Gasteiger partial charge in [-0.15, -0.1) is 0 Å². The molecule has 0 aromatic carbocycles. The Morgan fingerprint density at radius 2 is 1.48 bits per heavy atom. The van der Waals surface area contributed by atoms with Crippen LogP contribution in [0.25, 0.3) is 0 Å². The van der Waals surface area contributed by atoms with Gasteiger partial charge >= 0.3 is 5.97 Å². The molecule has 0 aliphatic heterocycles. The van der Waals surface area contributed by atoms with E-state index in [4.69, 9.17) is 5.11 Å². The quantitative estimate of drug-likeness (QED) is 0.277. The molecule has 0 bridgehead atoms. The van der Waals surface area contributed by atoms with Crippen LogP contribution in [0.5, 0.6) is 0 Å². The minimum absolute atomic E-state index is 0.313. The zero-order valence-corrected chi connectivity index (χ0v) is 13.4. The summed E-state index contributed by atoms with van der Waals surface area (Å²) < 4.78 is 0. The molecule has 21 heavy (non-hydrogen) atoms. The lowest BCUT2D eigenvalue weighted by Gasteiger charge is -2.01. The molecular formula is C18H30O3. The first-order valence-electron chi connectivity index (χ1n) is 8.24. The van der Waals surface area contributed by atoms with Gasteiger partial charge in [-0.05, 0) is 12.8 Å². The number of Topliss-reactive ketones (excluding diaryl/α,β-unsaturated/α-hetero) is 1. The third kappa shape index (κ3) is 16.6. The Morgan fingerprint density at radius 3 is 2.10 bits per heavy atom. The molecule has 0 atom stereocenters. The summed E-state index contributed by atoms with van der Waals surface area (Å²) in [5.41, 5.74) is 0. The molecule has 0 aromatic heterocycles. The molecule has 0 unspecified atom stereocenters. The first-order valence-corrected chi connectivity index (χ1v) is 8.24. The van der Waals surface area contributed by atoms with E-state index in [-0.39, 0.29) is 0 Å². The number of hydrogen-bond acceptors (Lipinski definition) is 2. The van der Waals surface area contributed by atoms with Crippen molar-refractivity contribution in [1.29, 1.82) is 0 Å². The second-order valence-electron chi connectivity index (χ2n) is 5.43. The fourth-order valence-electron chi connectivity index (χ4n) is 2.14. The highest BCUT2D eigenvalue weighted by Gasteiger charge is 2.00. The maximum absolute atomic E-state index is 11.6. The molecule has 0 rings (SSSR count). The summed E-state index contributed by atoms with van der Waals surface area (Å²) >= 11 is 0. The van der Waals surface area contributed by atoms with Crippen LogP contribution in [0.15, 0.2) is 24.3 Å². The van der Waals surface area contributed by atoms with E-state index in [1.165, 1.54) is 44.6 Å². The smallest absolute Gasteiger partial charge is 0.328 e. The van der Waals surface area contributed by atoms with Crippen molar-refractivity contribution in [2.75, 3.05) is 0 Å². The predicted octanol–water partition coefficient (Wildman–Crippen LogP) is 5.06. The van der Waals surface area contributed by atoms with Crippen molar-refractivity contribution in [3.8, 4) is 0 Å². The monoisotopic (exact) mass is 294 g/mol. The largest absolute Gasteiger partial charge is 0.478 e. The van der Waals surface area contributed by atoms with Crippen LogP contribution in [0.2, 0.25) is 0 Å². The van der Waals surface area contributed by atoms with E-state index in [0.29, 0.717) is 25.0 Å². The molecule has 3 nitrogen and oxygen atoms in total. The number of carbonyl (C=O) groups excluding carboxylic acids is 1. The van der Waals surface area contributed by atoms with Gasteiger partial charge in [0.15, 0.2) is 0 Å². The van der Waals surface area contributed by atoms with Crippen molar-refractivity contribution < 1.29 is 14.7 Å². The first-order chi connectivity index (χ1) is 10.2. The highest BCUT2D eigenvalue weighted by Crippen LogP contribution is 2.10. The van der Waals surface area contributed by atoms with Crippen molar-refractivity contribution in [3.05, 3.63) is 24.3 Å². The molecule has 0 amide bonds. The number of ketones is 1. The van der Waals surface area contributed by atoms with Crippen molar-refractivity contribution in [2.24, 2.45) is 0 Å². The highest BCUT2D eigenvalue weighted by atomic mass is 16.4. The van der Waals surface area contributed by atoms with E-state index < -0.39 is 5.97 Å². The lowest BCUT2D eigenvalue weighted by molar-refractivity contribution is -0.131. The molecule has 0 saturated heterocycles. The lowest BCUT2D eigenvalue weighted by Crippen LogP contribution is -1.96. The third-order valence-electron chi connectivity index (χ3n) is 3.39. The molecule has 0 aromatic rings. The normalized spacial score (nSPS) is 11.5. The minimum atomic E-state index is -0.953. The van der Waals surface area contributed by atoms with Crippen molar-refractivity contribution in [3.63, 3.8) is 0 Å². The van der Waals surface area contributed by atoms with E-state index in [1.54, 1.807) is 6.08 Å². The third-order valence-corrected chi connectivity index (χ3v) is 3.39. The van der Waals surface area contributed by atoms with Gasteiger partial charge in [0.2, 0.25) is 0 Å². The summed E-state index contributed by atoms with van der Waals surface area (Å²) in [5, 5.41) is 8.38. The van der Waals surface area contributed by atoms with Crippen LogP contribution in [-0.4, -0.2) is 16.9 Å². The number of carbonyl (C=O) groups is 2. The van der Waals surface area contributed by atoms with Gasteiger partial charge in [-0.3, -0.25) is 4.79 Å². The van der Waals surface area contributed by atoms with Gasteiger partial charge in [-0.1, -0.05) is 70.1 Å². The number of unbranched alkanes of at least 4 members (excludes halogenated alkanes) is 7. The second-order valence-corrected chi connectivity index (χ2v) is 5.43. The number of allylic oxidation sites excluding steroid dienone is 3. The van der Waals surface area contributed by atoms with Gasteiger partial charge < -0.3 is 5.11 Å². The Bertz CT molecular complexity index is 329. The molecule has 0 spiro atoms. The molecule has 0 fully saturated rings. The minimum Gasteiger partial charge on any atom is -0.478 e. The summed E-state index contributed by atoms with van der Waals surface area (Å²) in [5.74, 6) is -0.640. The maximum atomic E-state index is 11.6. The second kappa shape index (κ2) is 15.0. The van der Waals surface area contributed by atoms with E-state index in [2.05, 4.69) is 6.92 Å². The molecule has 0 saturated carbocycles. The van der Waals surface area contributed by atoms with Gasteiger partial charge in [0.1, 0.15) is 5.78 Å². The van der Waals surface area contributed by atoms with Crippen LogP contribution in [0.4, 0.5) is 0 Å². The van der Waals surface area contributed by atoms with Gasteiger partial charge in [-0.25, -0.2) is 4.79 Å². The number of carboxylic acid groups (broad SMARTS) is 1. The van der Waals surface area contributed by atoms with Crippen LogP contribution < -0.4 is 0 Å². The predicted molar refractivity (Wildman–Crippen MR) is 87.4 cm³/mol.